The molecule has 30 heavy (non-hydrogen) atoms. The number of amides is 1. The molecule has 1 amide bonds. The number of H-pyrrole nitrogens is 1. The van der Waals surface area contributed by atoms with Crippen LogP contribution in [-0.2, 0) is 0 Å². The first-order chi connectivity index (χ1) is 14.4. The fourth-order valence-electron chi connectivity index (χ4n) is 5.26. The topological polar surface area (TPSA) is 74.8 Å². The first-order valence-corrected chi connectivity index (χ1v) is 10.9. The molecule has 0 aromatic carbocycles. The second kappa shape index (κ2) is 8.44. The van der Waals surface area contributed by atoms with E-state index in [9.17, 15) is 18.4 Å². The Morgan fingerprint density at radius 1 is 1.07 bits per heavy atom. The SMILES string of the molecule is CNC(=O)c1nccc2[nH]ccc(=O)c12.FC1(F)CCC(C2CC[C@@H]3C[C@@H]3C2)CC1. The minimum atomic E-state index is -2.34. The smallest absolute Gasteiger partial charge is 0.270 e. The number of nitrogens with zero attached hydrogens (tertiary/aromatic N) is 1. The molecule has 0 radical (unpaired) electrons. The predicted molar refractivity (Wildman–Crippen MR) is 112 cm³/mol. The Labute approximate surface area is 174 Å². The number of hydrogen-bond acceptors (Lipinski definition) is 3. The van der Waals surface area contributed by atoms with E-state index in [0.717, 1.165) is 30.6 Å². The van der Waals surface area contributed by atoms with Gasteiger partial charge in [0.25, 0.3) is 5.91 Å². The molecule has 5 nitrogen and oxygen atoms in total. The molecule has 3 atom stereocenters. The Balaban J connectivity index is 0.000000145. The normalized spacial score (nSPS) is 27.5. The van der Waals surface area contributed by atoms with Crippen LogP contribution in [0.4, 0.5) is 8.78 Å². The van der Waals surface area contributed by atoms with Gasteiger partial charge in [0, 0.05) is 38.3 Å². The number of carbonyl (C=O) groups is 1. The third kappa shape index (κ3) is 4.55. The lowest BCUT2D eigenvalue weighted by Crippen LogP contribution is -2.29. The molecule has 3 aliphatic carbocycles. The van der Waals surface area contributed by atoms with Crippen LogP contribution in [0.2, 0.25) is 0 Å². The Morgan fingerprint density at radius 2 is 1.73 bits per heavy atom. The zero-order chi connectivity index (χ0) is 21.3. The minimum Gasteiger partial charge on any atom is -0.361 e. The Hall–Kier alpha value is -2.31. The van der Waals surface area contributed by atoms with E-state index in [1.54, 1.807) is 6.07 Å². The maximum absolute atomic E-state index is 13.0. The molecule has 2 aromatic rings. The molecule has 0 bridgehead atoms. The Morgan fingerprint density at radius 3 is 2.37 bits per heavy atom. The second-order valence-electron chi connectivity index (χ2n) is 9.03. The lowest BCUT2D eigenvalue weighted by Gasteiger charge is -2.35. The number of rotatable bonds is 2. The number of alkyl halides is 2. The summed E-state index contributed by atoms with van der Waals surface area (Å²) >= 11 is 0. The van der Waals surface area contributed by atoms with Crippen LogP contribution >= 0.6 is 0 Å². The highest BCUT2D eigenvalue weighted by atomic mass is 19.3. The first kappa shape index (κ1) is 20.9. The van der Waals surface area contributed by atoms with Crippen molar-refractivity contribution in [3.8, 4) is 0 Å². The maximum Gasteiger partial charge on any atom is 0.270 e. The van der Waals surface area contributed by atoms with E-state index in [-0.39, 0.29) is 29.9 Å². The van der Waals surface area contributed by atoms with Gasteiger partial charge in [0.2, 0.25) is 5.92 Å². The van der Waals surface area contributed by atoms with Crippen molar-refractivity contribution in [1.82, 2.24) is 15.3 Å². The van der Waals surface area contributed by atoms with Crippen molar-refractivity contribution in [1.29, 1.82) is 0 Å². The number of aromatic amines is 1. The lowest BCUT2D eigenvalue weighted by atomic mass is 9.72. The standard InChI is InChI=1S/C13H20F2.C10H9N3O2/c14-13(15)5-3-9(4-6-13)10-1-2-11-8-12(11)7-10;1-11-10(15)9-8-6(2-4-13-9)12-5-3-7(8)14/h9-12H,1-8H2;2-5H,1H3,(H,11,15)(H,12,14)/t10?,11-,12+;/m1./s1. The number of fused-ring (bicyclic) bond motifs is 2. The van der Waals surface area contributed by atoms with Crippen LogP contribution in [0, 0.1) is 23.7 Å². The fraction of sp³-hybridized carbons (Fsp3) is 0.609. The van der Waals surface area contributed by atoms with Gasteiger partial charge in [-0.3, -0.25) is 14.6 Å². The molecule has 162 valence electrons. The van der Waals surface area contributed by atoms with Gasteiger partial charge >= 0.3 is 0 Å². The molecule has 5 rings (SSSR count). The quantitative estimate of drug-likeness (QED) is 0.754. The summed E-state index contributed by atoms with van der Waals surface area (Å²) in [5, 5.41) is 2.77. The number of nitrogens with one attached hydrogen (secondary N) is 2. The number of pyridine rings is 2. The first-order valence-electron chi connectivity index (χ1n) is 10.9. The van der Waals surface area contributed by atoms with Crippen molar-refractivity contribution in [3.63, 3.8) is 0 Å². The lowest BCUT2D eigenvalue weighted by molar-refractivity contribution is -0.0544. The molecule has 2 N–H and O–H groups in total. The zero-order valence-corrected chi connectivity index (χ0v) is 17.3. The second-order valence-corrected chi connectivity index (χ2v) is 9.03. The molecule has 0 saturated heterocycles. The summed E-state index contributed by atoms with van der Waals surface area (Å²) in [5.41, 5.74) is 0.545. The minimum absolute atomic E-state index is 0.150. The summed E-state index contributed by atoms with van der Waals surface area (Å²) in [6.45, 7) is 0. The average Bonchev–Trinajstić information content (AvgIpc) is 3.52. The van der Waals surface area contributed by atoms with E-state index in [0.29, 0.717) is 16.8 Å². The molecule has 3 aliphatic rings. The largest absolute Gasteiger partial charge is 0.361 e. The summed E-state index contributed by atoms with van der Waals surface area (Å²) in [5.74, 6) is 0.749. The van der Waals surface area contributed by atoms with Crippen LogP contribution in [-0.4, -0.2) is 28.8 Å². The third-order valence-corrected chi connectivity index (χ3v) is 7.12. The number of hydrogen-bond donors (Lipinski definition) is 2. The van der Waals surface area contributed by atoms with Crippen LogP contribution < -0.4 is 10.7 Å². The van der Waals surface area contributed by atoms with Crippen molar-refractivity contribution in [3.05, 3.63) is 40.4 Å². The van der Waals surface area contributed by atoms with E-state index in [2.05, 4.69) is 15.3 Å². The van der Waals surface area contributed by atoms with Crippen molar-refractivity contribution in [2.24, 2.45) is 23.7 Å². The molecule has 2 aromatic heterocycles. The van der Waals surface area contributed by atoms with Gasteiger partial charge in [-0.25, -0.2) is 8.78 Å². The molecule has 2 heterocycles. The van der Waals surface area contributed by atoms with E-state index >= 15 is 0 Å². The molecule has 3 fully saturated rings. The van der Waals surface area contributed by atoms with Crippen LogP contribution in [0.1, 0.15) is 61.9 Å². The van der Waals surface area contributed by atoms with Gasteiger partial charge in [-0.15, -0.1) is 0 Å². The number of carbonyl (C=O) groups excluding carboxylic acids is 1. The summed E-state index contributed by atoms with van der Waals surface area (Å²) in [6, 6.07) is 3.03. The molecule has 3 saturated carbocycles. The molecule has 7 heteroatoms. The molecular weight excluding hydrogens is 388 g/mol. The van der Waals surface area contributed by atoms with E-state index < -0.39 is 5.92 Å². The van der Waals surface area contributed by atoms with Gasteiger partial charge in [0.05, 0.1) is 10.9 Å². The van der Waals surface area contributed by atoms with Crippen molar-refractivity contribution < 1.29 is 13.6 Å². The Kier molecular flexibility index (Phi) is 5.89. The summed E-state index contributed by atoms with van der Waals surface area (Å²) in [4.78, 5) is 29.8. The zero-order valence-electron chi connectivity index (χ0n) is 17.3. The van der Waals surface area contributed by atoms with Crippen LogP contribution in [0.15, 0.2) is 29.3 Å². The number of halogens is 2. The predicted octanol–water partition coefficient (Wildman–Crippen LogP) is 4.53. The molecule has 1 unspecified atom stereocenters. The third-order valence-electron chi connectivity index (χ3n) is 7.12. The van der Waals surface area contributed by atoms with Gasteiger partial charge < -0.3 is 10.3 Å². The van der Waals surface area contributed by atoms with Gasteiger partial charge in [0.1, 0.15) is 5.69 Å². The maximum atomic E-state index is 13.0. The van der Waals surface area contributed by atoms with Crippen LogP contribution in [0.25, 0.3) is 10.9 Å². The monoisotopic (exact) mass is 417 g/mol. The fourth-order valence-corrected chi connectivity index (χ4v) is 5.26. The molecular formula is C23H29F2N3O2. The highest BCUT2D eigenvalue weighted by Gasteiger charge is 2.45. The van der Waals surface area contributed by atoms with Gasteiger partial charge in [0.15, 0.2) is 5.43 Å². The van der Waals surface area contributed by atoms with E-state index in [4.69, 9.17) is 0 Å². The summed E-state index contributed by atoms with van der Waals surface area (Å²) < 4.78 is 26.1. The molecule has 0 aliphatic heterocycles. The summed E-state index contributed by atoms with van der Waals surface area (Å²) in [6.07, 6.45) is 10.4. The van der Waals surface area contributed by atoms with E-state index in [1.807, 2.05) is 0 Å². The van der Waals surface area contributed by atoms with Crippen molar-refractivity contribution >= 4 is 16.8 Å². The van der Waals surface area contributed by atoms with Gasteiger partial charge in [-0.2, -0.15) is 0 Å². The van der Waals surface area contributed by atoms with E-state index in [1.165, 1.54) is 51.2 Å². The number of aromatic nitrogens is 2. The highest BCUT2D eigenvalue weighted by Crippen LogP contribution is 2.54. The van der Waals surface area contributed by atoms with Crippen LogP contribution in [0.3, 0.4) is 0 Å². The van der Waals surface area contributed by atoms with Gasteiger partial charge in [-0.1, -0.05) is 0 Å². The highest BCUT2D eigenvalue weighted by molar-refractivity contribution is 6.03. The average molecular weight is 418 g/mol. The van der Waals surface area contributed by atoms with Crippen molar-refractivity contribution in [2.75, 3.05) is 7.05 Å². The van der Waals surface area contributed by atoms with Gasteiger partial charge in [-0.05, 0) is 68.3 Å². The Bertz CT molecular complexity index is 959. The van der Waals surface area contributed by atoms with Crippen LogP contribution in [0.5, 0.6) is 0 Å². The molecule has 0 spiro atoms. The summed E-state index contributed by atoms with van der Waals surface area (Å²) in [7, 11) is 1.50. The van der Waals surface area contributed by atoms with Crippen molar-refractivity contribution in [2.45, 2.75) is 57.3 Å².